The molecule has 6 heteroatoms. The van der Waals surface area contributed by atoms with Gasteiger partial charge in [0, 0.05) is 31.9 Å². The van der Waals surface area contributed by atoms with Gasteiger partial charge in [-0.05, 0) is 45.9 Å². The van der Waals surface area contributed by atoms with Gasteiger partial charge in [0.25, 0.3) is 0 Å². The van der Waals surface area contributed by atoms with Crippen molar-refractivity contribution in [3.63, 3.8) is 0 Å². The number of carbonyl (C=O) groups excluding carboxylic acids is 1. The van der Waals surface area contributed by atoms with Gasteiger partial charge in [-0.2, -0.15) is 0 Å². The Labute approximate surface area is 149 Å². The van der Waals surface area contributed by atoms with E-state index in [0.717, 1.165) is 5.57 Å². The molecule has 0 unspecified atom stereocenters. The molecule has 1 aliphatic heterocycles. The summed E-state index contributed by atoms with van der Waals surface area (Å²) in [6.07, 6.45) is 0.116. The molecule has 1 aliphatic rings. The minimum absolute atomic E-state index is 0.0581. The third kappa shape index (κ3) is 5.19. The molecule has 0 aromatic heterocycles. The second-order valence-electron chi connectivity index (χ2n) is 6.73. The van der Waals surface area contributed by atoms with Gasteiger partial charge in [-0.1, -0.05) is 12.2 Å². The number of amides is 2. The first-order valence-electron chi connectivity index (χ1n) is 8.70. The number of hydrogen-bond donors (Lipinski definition) is 1. The number of benzene rings is 1. The zero-order valence-corrected chi connectivity index (χ0v) is 15.5. The van der Waals surface area contributed by atoms with E-state index in [0.29, 0.717) is 37.6 Å². The fraction of sp³-hybridized carbons (Fsp3) is 0.526. The van der Waals surface area contributed by atoms with Crippen LogP contribution in [0, 0.1) is 5.82 Å². The fourth-order valence-electron chi connectivity index (χ4n) is 3.07. The van der Waals surface area contributed by atoms with Crippen molar-refractivity contribution in [2.24, 2.45) is 0 Å². The highest BCUT2D eigenvalue weighted by atomic mass is 19.1. The summed E-state index contributed by atoms with van der Waals surface area (Å²) in [6.45, 7) is 13.9. The van der Waals surface area contributed by atoms with E-state index in [9.17, 15) is 9.18 Å². The molecule has 0 radical (unpaired) electrons. The molecule has 1 saturated heterocycles. The standard InChI is InChI=1S/C19H28FN3O2/c1-6-22(10-13(2)3)19(24)21-16-7-8-18(17(20)9-16)23-11-14(4)25-15(5)12-23/h7-9,14-15H,2,6,10-12H2,1,3-5H3,(H,21,24)/t14-,15-/m0/s1. The van der Waals surface area contributed by atoms with Crippen LogP contribution in [0.15, 0.2) is 30.4 Å². The Morgan fingerprint density at radius 1 is 1.40 bits per heavy atom. The van der Waals surface area contributed by atoms with Crippen LogP contribution in [0.3, 0.4) is 0 Å². The van der Waals surface area contributed by atoms with Gasteiger partial charge < -0.3 is 19.9 Å². The van der Waals surface area contributed by atoms with Crippen molar-refractivity contribution < 1.29 is 13.9 Å². The summed E-state index contributed by atoms with van der Waals surface area (Å²) in [5.74, 6) is -0.345. The number of halogens is 1. The Hall–Kier alpha value is -2.08. The summed E-state index contributed by atoms with van der Waals surface area (Å²) in [5.41, 5.74) is 1.88. The summed E-state index contributed by atoms with van der Waals surface area (Å²) in [5, 5.41) is 2.75. The second kappa shape index (κ2) is 8.34. The van der Waals surface area contributed by atoms with Gasteiger partial charge in [0.2, 0.25) is 0 Å². The first kappa shape index (κ1) is 19.2. The van der Waals surface area contributed by atoms with Crippen molar-refractivity contribution in [1.82, 2.24) is 4.90 Å². The van der Waals surface area contributed by atoms with Crippen molar-refractivity contribution in [2.45, 2.75) is 39.9 Å². The van der Waals surface area contributed by atoms with Crippen LogP contribution in [-0.4, -0.2) is 49.3 Å². The Bertz CT molecular complexity index is 625. The maximum Gasteiger partial charge on any atom is 0.322 e. The lowest BCUT2D eigenvalue weighted by molar-refractivity contribution is -0.00539. The lowest BCUT2D eigenvalue weighted by atomic mass is 10.2. The highest BCUT2D eigenvalue weighted by Gasteiger charge is 2.24. The molecule has 0 aliphatic carbocycles. The van der Waals surface area contributed by atoms with Crippen LogP contribution in [-0.2, 0) is 4.74 Å². The molecule has 1 N–H and O–H groups in total. The van der Waals surface area contributed by atoms with E-state index >= 15 is 0 Å². The topological polar surface area (TPSA) is 44.8 Å². The van der Waals surface area contributed by atoms with E-state index in [1.165, 1.54) is 6.07 Å². The summed E-state index contributed by atoms with van der Waals surface area (Å²) < 4.78 is 20.3. The molecule has 0 bridgehead atoms. The zero-order valence-electron chi connectivity index (χ0n) is 15.5. The maximum atomic E-state index is 14.6. The van der Waals surface area contributed by atoms with Crippen LogP contribution in [0.4, 0.5) is 20.6 Å². The van der Waals surface area contributed by atoms with Crippen molar-refractivity contribution in [3.05, 3.63) is 36.2 Å². The molecule has 138 valence electrons. The number of anilines is 2. The van der Waals surface area contributed by atoms with Gasteiger partial charge in [0.15, 0.2) is 0 Å². The highest BCUT2D eigenvalue weighted by Crippen LogP contribution is 2.26. The monoisotopic (exact) mass is 349 g/mol. The normalized spacial score (nSPS) is 20.3. The van der Waals surface area contributed by atoms with Gasteiger partial charge in [-0.15, -0.1) is 0 Å². The predicted octanol–water partition coefficient (Wildman–Crippen LogP) is 3.87. The number of nitrogens with one attached hydrogen (secondary N) is 1. The number of rotatable bonds is 5. The van der Waals surface area contributed by atoms with Gasteiger partial charge >= 0.3 is 6.03 Å². The number of carbonyl (C=O) groups is 1. The van der Waals surface area contributed by atoms with Crippen LogP contribution in [0.5, 0.6) is 0 Å². The van der Waals surface area contributed by atoms with E-state index in [2.05, 4.69) is 11.9 Å². The molecule has 2 atom stereocenters. The summed E-state index contributed by atoms with van der Waals surface area (Å²) in [7, 11) is 0. The highest BCUT2D eigenvalue weighted by molar-refractivity contribution is 5.89. The van der Waals surface area contributed by atoms with Crippen LogP contribution < -0.4 is 10.2 Å². The molecule has 2 amide bonds. The Kier molecular flexibility index (Phi) is 6.42. The van der Waals surface area contributed by atoms with Gasteiger partial charge in [-0.25, -0.2) is 9.18 Å². The molecule has 1 fully saturated rings. The van der Waals surface area contributed by atoms with Crippen LogP contribution >= 0.6 is 0 Å². The molecule has 2 rings (SSSR count). The van der Waals surface area contributed by atoms with Crippen molar-refractivity contribution in [3.8, 4) is 0 Å². The second-order valence-corrected chi connectivity index (χ2v) is 6.73. The number of morpholine rings is 1. The Morgan fingerprint density at radius 2 is 2.04 bits per heavy atom. The first-order chi connectivity index (χ1) is 11.8. The van der Waals surface area contributed by atoms with Crippen molar-refractivity contribution in [1.29, 1.82) is 0 Å². The lowest BCUT2D eigenvalue weighted by Gasteiger charge is -2.37. The first-order valence-corrected chi connectivity index (χ1v) is 8.70. The molecule has 0 saturated carbocycles. The van der Waals surface area contributed by atoms with Gasteiger partial charge in [0.05, 0.1) is 17.9 Å². The van der Waals surface area contributed by atoms with Crippen LogP contribution in [0.1, 0.15) is 27.7 Å². The quantitative estimate of drug-likeness (QED) is 0.821. The number of urea groups is 1. The number of hydrogen-bond acceptors (Lipinski definition) is 3. The van der Waals surface area contributed by atoms with E-state index < -0.39 is 0 Å². The molecule has 0 spiro atoms. The number of ether oxygens (including phenoxy) is 1. The van der Waals surface area contributed by atoms with Crippen molar-refractivity contribution in [2.75, 3.05) is 36.4 Å². The predicted molar refractivity (Wildman–Crippen MR) is 99.7 cm³/mol. The van der Waals surface area contributed by atoms with Crippen LogP contribution in [0.25, 0.3) is 0 Å². The molecular formula is C19H28FN3O2. The molecule has 1 aromatic rings. The molecule has 25 heavy (non-hydrogen) atoms. The smallest absolute Gasteiger partial charge is 0.322 e. The van der Waals surface area contributed by atoms with E-state index in [1.54, 1.807) is 17.0 Å². The minimum atomic E-state index is -0.345. The van der Waals surface area contributed by atoms with E-state index in [1.807, 2.05) is 32.6 Å². The summed E-state index contributed by atoms with van der Waals surface area (Å²) in [4.78, 5) is 15.9. The summed E-state index contributed by atoms with van der Waals surface area (Å²) in [6, 6.07) is 4.55. The van der Waals surface area contributed by atoms with E-state index in [4.69, 9.17) is 4.74 Å². The zero-order chi connectivity index (χ0) is 18.6. The summed E-state index contributed by atoms with van der Waals surface area (Å²) >= 11 is 0. The largest absolute Gasteiger partial charge is 0.372 e. The average molecular weight is 349 g/mol. The van der Waals surface area contributed by atoms with Gasteiger partial charge in [0.1, 0.15) is 5.82 Å². The average Bonchev–Trinajstić information content (AvgIpc) is 2.51. The number of nitrogens with zero attached hydrogens (tertiary/aromatic N) is 2. The van der Waals surface area contributed by atoms with E-state index in [-0.39, 0.29) is 24.1 Å². The van der Waals surface area contributed by atoms with Crippen LogP contribution in [0.2, 0.25) is 0 Å². The lowest BCUT2D eigenvalue weighted by Crippen LogP contribution is -2.45. The Balaban J connectivity index is 2.08. The minimum Gasteiger partial charge on any atom is -0.372 e. The SMILES string of the molecule is C=C(C)CN(CC)C(=O)Nc1ccc(N2C[C@H](C)O[C@@H](C)C2)c(F)c1. The third-order valence-electron chi connectivity index (χ3n) is 4.09. The van der Waals surface area contributed by atoms with Crippen molar-refractivity contribution >= 4 is 17.4 Å². The van der Waals surface area contributed by atoms with Gasteiger partial charge in [-0.3, -0.25) is 0 Å². The number of likely N-dealkylation sites (N-methyl/N-ethyl adjacent to an activating group) is 1. The molecule has 1 heterocycles. The maximum absolute atomic E-state index is 14.6. The Morgan fingerprint density at radius 3 is 2.56 bits per heavy atom. The molecular weight excluding hydrogens is 321 g/mol. The molecule has 1 aromatic carbocycles. The molecule has 5 nitrogen and oxygen atoms in total. The third-order valence-corrected chi connectivity index (χ3v) is 4.09. The fourth-order valence-corrected chi connectivity index (χ4v) is 3.07.